The molecule has 0 aliphatic heterocycles. The molecule has 0 bridgehead atoms. The summed E-state index contributed by atoms with van der Waals surface area (Å²) in [6.07, 6.45) is 0. The number of nitrogens with one attached hydrogen (secondary N) is 1. The van der Waals surface area contributed by atoms with Gasteiger partial charge in [-0.05, 0) is 18.2 Å². The predicted molar refractivity (Wildman–Crippen MR) is 114 cm³/mol. The topological polar surface area (TPSA) is 116 Å². The van der Waals surface area contributed by atoms with Gasteiger partial charge in [0.2, 0.25) is 5.91 Å². The van der Waals surface area contributed by atoms with Crippen molar-refractivity contribution >= 4 is 40.8 Å². The van der Waals surface area contributed by atoms with Crippen molar-refractivity contribution in [2.75, 3.05) is 17.7 Å². The lowest BCUT2D eigenvalue weighted by Gasteiger charge is -2.16. The molecule has 0 heterocycles. The van der Waals surface area contributed by atoms with E-state index in [0.717, 1.165) is 11.8 Å². The molecule has 0 unspecified atom stereocenters. The van der Waals surface area contributed by atoms with Crippen LogP contribution in [0.25, 0.3) is 0 Å². The number of ether oxygens (including phenoxy) is 1. The van der Waals surface area contributed by atoms with E-state index in [1.54, 1.807) is 51.1 Å². The van der Waals surface area contributed by atoms with Gasteiger partial charge in [0.25, 0.3) is 5.69 Å². The average Bonchev–Trinajstić information content (AvgIpc) is 2.69. The molecular weight excluding hydrogens is 408 g/mol. The third-order valence-corrected chi connectivity index (χ3v) is 5.05. The van der Waals surface area contributed by atoms with Crippen LogP contribution in [0.5, 0.6) is 0 Å². The van der Waals surface area contributed by atoms with Gasteiger partial charge in [-0.15, -0.1) is 11.8 Å². The van der Waals surface area contributed by atoms with Crippen LogP contribution in [-0.2, 0) is 14.3 Å². The summed E-state index contributed by atoms with van der Waals surface area (Å²) in [5.74, 6) is -1.24. The fourth-order valence-electron chi connectivity index (χ4n) is 2.22. The van der Waals surface area contributed by atoms with E-state index in [1.165, 1.54) is 18.2 Å². The maximum Gasteiger partial charge on any atom is 0.339 e. The molecule has 2 rings (SSSR count). The Kier molecular flexibility index (Phi) is 7.71. The lowest BCUT2D eigenvalue weighted by molar-refractivity contribution is -0.384. The predicted octanol–water partition coefficient (Wildman–Crippen LogP) is 4.10. The van der Waals surface area contributed by atoms with Crippen molar-refractivity contribution in [3.05, 3.63) is 64.2 Å². The highest BCUT2D eigenvalue weighted by molar-refractivity contribution is 8.00. The van der Waals surface area contributed by atoms with Gasteiger partial charge in [-0.1, -0.05) is 39.0 Å². The number of benzene rings is 2. The van der Waals surface area contributed by atoms with Crippen LogP contribution in [-0.4, -0.2) is 34.9 Å². The molecule has 30 heavy (non-hydrogen) atoms. The van der Waals surface area contributed by atoms with E-state index >= 15 is 0 Å². The number of carbonyl (C=O) groups excluding carboxylic acids is 3. The first-order chi connectivity index (χ1) is 14.1. The summed E-state index contributed by atoms with van der Waals surface area (Å²) in [5.41, 5.74) is -0.173. The lowest BCUT2D eigenvalue weighted by atomic mass is 9.91. The van der Waals surface area contributed by atoms with E-state index < -0.39 is 16.3 Å². The molecule has 0 spiro atoms. The normalized spacial score (nSPS) is 10.9. The standard InChI is InChI=1S/C21H22N2O6S/c1-21(2,3)18(24)12-29-20(26)16-9-4-5-10-17(16)30-13-19(25)22-14-7-6-8-15(11-14)23(27)28/h4-11H,12-13H2,1-3H3,(H,22,25). The first kappa shape index (κ1) is 23.1. The number of rotatable bonds is 8. The second-order valence-corrected chi connectivity index (χ2v) is 8.41. The molecule has 0 aliphatic carbocycles. The van der Waals surface area contributed by atoms with Gasteiger partial charge in [-0.3, -0.25) is 19.7 Å². The van der Waals surface area contributed by atoms with E-state index in [0.29, 0.717) is 10.6 Å². The Bertz CT molecular complexity index is 968. The highest BCUT2D eigenvalue weighted by Crippen LogP contribution is 2.24. The van der Waals surface area contributed by atoms with Crippen molar-refractivity contribution in [3.63, 3.8) is 0 Å². The molecule has 0 radical (unpaired) electrons. The minimum absolute atomic E-state index is 0.0199. The zero-order chi connectivity index (χ0) is 22.3. The molecule has 0 saturated heterocycles. The second kappa shape index (κ2) is 10.0. The van der Waals surface area contributed by atoms with Crippen molar-refractivity contribution in [2.45, 2.75) is 25.7 Å². The maximum absolute atomic E-state index is 12.4. The summed E-state index contributed by atoms with van der Waals surface area (Å²) >= 11 is 1.12. The number of anilines is 1. The van der Waals surface area contributed by atoms with Gasteiger partial charge in [-0.2, -0.15) is 0 Å². The summed E-state index contributed by atoms with van der Waals surface area (Å²) in [5, 5.41) is 13.4. The summed E-state index contributed by atoms with van der Waals surface area (Å²) < 4.78 is 5.13. The number of thioether (sulfide) groups is 1. The molecule has 1 N–H and O–H groups in total. The number of nitro groups is 1. The zero-order valence-corrected chi connectivity index (χ0v) is 17.7. The van der Waals surface area contributed by atoms with Gasteiger partial charge in [-0.25, -0.2) is 4.79 Å². The third-order valence-electron chi connectivity index (χ3n) is 3.98. The van der Waals surface area contributed by atoms with Gasteiger partial charge in [0.05, 0.1) is 16.2 Å². The van der Waals surface area contributed by atoms with Crippen molar-refractivity contribution in [3.8, 4) is 0 Å². The molecule has 158 valence electrons. The Morgan fingerprint density at radius 3 is 2.47 bits per heavy atom. The Morgan fingerprint density at radius 1 is 1.10 bits per heavy atom. The minimum atomic E-state index is -0.644. The zero-order valence-electron chi connectivity index (χ0n) is 16.8. The largest absolute Gasteiger partial charge is 0.454 e. The highest BCUT2D eigenvalue weighted by Gasteiger charge is 2.23. The molecule has 0 saturated carbocycles. The number of nitrogens with zero attached hydrogens (tertiary/aromatic N) is 1. The van der Waals surface area contributed by atoms with Gasteiger partial charge in [0.1, 0.15) is 0 Å². The van der Waals surface area contributed by atoms with Crippen LogP contribution in [0.4, 0.5) is 11.4 Å². The Hall–Kier alpha value is -3.20. The summed E-state index contributed by atoms with van der Waals surface area (Å²) in [6, 6.07) is 12.2. The van der Waals surface area contributed by atoms with E-state index in [-0.39, 0.29) is 35.3 Å². The molecule has 1 amide bonds. The minimum Gasteiger partial charge on any atom is -0.454 e. The monoisotopic (exact) mass is 430 g/mol. The molecule has 0 aliphatic rings. The Balaban J connectivity index is 1.98. The molecular formula is C21H22N2O6S. The molecule has 2 aromatic rings. The van der Waals surface area contributed by atoms with Crippen LogP contribution in [0.2, 0.25) is 0 Å². The number of hydrogen-bond acceptors (Lipinski definition) is 7. The number of carbonyl (C=O) groups is 3. The first-order valence-corrected chi connectivity index (χ1v) is 10.0. The van der Waals surface area contributed by atoms with Crippen molar-refractivity contribution in [1.29, 1.82) is 0 Å². The Morgan fingerprint density at radius 2 is 1.80 bits per heavy atom. The lowest BCUT2D eigenvalue weighted by Crippen LogP contribution is -2.26. The second-order valence-electron chi connectivity index (χ2n) is 7.39. The van der Waals surface area contributed by atoms with Crippen LogP contribution in [0.3, 0.4) is 0 Å². The van der Waals surface area contributed by atoms with E-state index in [4.69, 9.17) is 4.74 Å². The number of amides is 1. The van der Waals surface area contributed by atoms with E-state index in [1.807, 2.05) is 0 Å². The van der Waals surface area contributed by atoms with Crippen LogP contribution in [0, 0.1) is 15.5 Å². The van der Waals surface area contributed by atoms with E-state index in [2.05, 4.69) is 5.32 Å². The molecule has 8 nitrogen and oxygen atoms in total. The van der Waals surface area contributed by atoms with Gasteiger partial charge in [0, 0.05) is 28.1 Å². The number of ketones is 1. The average molecular weight is 430 g/mol. The van der Waals surface area contributed by atoms with Gasteiger partial charge in [0.15, 0.2) is 12.4 Å². The molecule has 0 aromatic heterocycles. The molecule has 0 fully saturated rings. The molecule has 2 aromatic carbocycles. The summed E-state index contributed by atoms with van der Waals surface area (Å²) in [4.78, 5) is 47.4. The van der Waals surface area contributed by atoms with Crippen molar-refractivity contribution in [1.82, 2.24) is 0 Å². The van der Waals surface area contributed by atoms with E-state index in [9.17, 15) is 24.5 Å². The van der Waals surface area contributed by atoms with Crippen molar-refractivity contribution in [2.24, 2.45) is 5.41 Å². The maximum atomic E-state index is 12.4. The SMILES string of the molecule is CC(C)(C)C(=O)COC(=O)c1ccccc1SCC(=O)Nc1cccc([N+](=O)[O-])c1. The highest BCUT2D eigenvalue weighted by atomic mass is 32.2. The first-order valence-electron chi connectivity index (χ1n) is 9.04. The number of nitro benzene ring substituents is 1. The fraction of sp³-hybridized carbons (Fsp3) is 0.286. The quantitative estimate of drug-likeness (QED) is 0.290. The van der Waals surface area contributed by atoms with Crippen LogP contribution < -0.4 is 5.32 Å². The number of non-ortho nitro benzene ring substituents is 1. The van der Waals surface area contributed by atoms with Crippen molar-refractivity contribution < 1.29 is 24.0 Å². The van der Waals surface area contributed by atoms with Crippen LogP contribution in [0.15, 0.2) is 53.4 Å². The molecule has 9 heteroatoms. The van der Waals surface area contributed by atoms with Crippen LogP contribution in [0.1, 0.15) is 31.1 Å². The smallest absolute Gasteiger partial charge is 0.339 e. The Labute approximate surface area is 178 Å². The fourth-order valence-corrected chi connectivity index (χ4v) is 3.06. The summed E-state index contributed by atoms with van der Waals surface area (Å²) in [6.45, 7) is 4.90. The number of hydrogen-bond donors (Lipinski definition) is 1. The number of esters is 1. The van der Waals surface area contributed by atoms with Gasteiger partial charge >= 0.3 is 5.97 Å². The molecule has 0 atom stereocenters. The third kappa shape index (κ3) is 6.70. The summed E-state index contributed by atoms with van der Waals surface area (Å²) in [7, 11) is 0. The van der Waals surface area contributed by atoms with Crippen LogP contribution >= 0.6 is 11.8 Å². The number of Topliss-reactive ketones (excluding diaryl/α,β-unsaturated/α-hetero) is 1. The van der Waals surface area contributed by atoms with Gasteiger partial charge < -0.3 is 10.1 Å².